The van der Waals surface area contributed by atoms with Crippen LogP contribution in [0.1, 0.15) is 42.7 Å². The maximum atomic E-state index is 12.7. The van der Waals surface area contributed by atoms with Crippen LogP contribution < -0.4 is 10.6 Å². The van der Waals surface area contributed by atoms with E-state index in [2.05, 4.69) is 34.9 Å². The topological polar surface area (TPSA) is 114 Å². The first-order chi connectivity index (χ1) is 17.0. The number of nitrogens with one attached hydrogen (secondary N) is 2. The molecule has 0 radical (unpaired) electrons. The number of aliphatic carboxylic acids is 1. The van der Waals surface area contributed by atoms with Gasteiger partial charge in [-0.15, -0.1) is 0 Å². The van der Waals surface area contributed by atoms with Crippen LogP contribution in [-0.4, -0.2) is 55.0 Å². The van der Waals surface area contributed by atoms with E-state index in [1.54, 1.807) is 0 Å². The van der Waals surface area contributed by atoms with E-state index < -0.39 is 24.1 Å². The normalized spacial score (nSPS) is 25.0. The lowest BCUT2D eigenvalue weighted by molar-refractivity contribution is -0.141. The van der Waals surface area contributed by atoms with Gasteiger partial charge in [0.05, 0.1) is 5.92 Å². The molecule has 2 fully saturated rings. The number of carbonyl (C=O) groups excluding carboxylic acids is 2. The third-order valence-electron chi connectivity index (χ3n) is 7.45. The van der Waals surface area contributed by atoms with Crippen LogP contribution in [-0.2, 0) is 19.1 Å². The predicted molar refractivity (Wildman–Crippen MR) is 128 cm³/mol. The van der Waals surface area contributed by atoms with Crippen molar-refractivity contribution in [2.75, 3.05) is 19.8 Å². The highest BCUT2D eigenvalue weighted by Gasteiger charge is 2.37. The van der Waals surface area contributed by atoms with E-state index >= 15 is 0 Å². The molecule has 2 aromatic carbocycles. The molecular weight excluding hydrogens is 448 g/mol. The largest absolute Gasteiger partial charge is 0.481 e. The van der Waals surface area contributed by atoms with E-state index in [-0.39, 0.29) is 36.9 Å². The average Bonchev–Trinajstić information content (AvgIpc) is 3.59. The van der Waals surface area contributed by atoms with Gasteiger partial charge in [-0.1, -0.05) is 48.5 Å². The number of alkyl carbamates (subject to hydrolysis) is 1. The van der Waals surface area contributed by atoms with Crippen molar-refractivity contribution in [3.05, 3.63) is 59.7 Å². The minimum Gasteiger partial charge on any atom is -0.481 e. The van der Waals surface area contributed by atoms with Crippen molar-refractivity contribution < 1.29 is 29.0 Å². The Morgan fingerprint density at radius 3 is 2.31 bits per heavy atom. The Morgan fingerprint density at radius 2 is 1.66 bits per heavy atom. The summed E-state index contributed by atoms with van der Waals surface area (Å²) in [7, 11) is 0. The molecule has 0 bridgehead atoms. The number of carboxylic acids is 1. The van der Waals surface area contributed by atoms with Crippen LogP contribution in [0.15, 0.2) is 48.5 Å². The van der Waals surface area contributed by atoms with Crippen molar-refractivity contribution in [1.82, 2.24) is 10.6 Å². The van der Waals surface area contributed by atoms with E-state index in [4.69, 9.17) is 14.6 Å². The van der Waals surface area contributed by atoms with Gasteiger partial charge in [0.25, 0.3) is 0 Å². The highest BCUT2D eigenvalue weighted by molar-refractivity contribution is 5.82. The molecule has 35 heavy (non-hydrogen) atoms. The van der Waals surface area contributed by atoms with E-state index in [1.165, 1.54) is 11.1 Å². The summed E-state index contributed by atoms with van der Waals surface area (Å²) in [6, 6.07) is 16.2. The minimum atomic E-state index is -0.816. The van der Waals surface area contributed by atoms with Crippen LogP contribution in [0, 0.1) is 11.8 Å². The molecule has 0 unspecified atom stereocenters. The summed E-state index contributed by atoms with van der Waals surface area (Å²) in [6.07, 6.45) is 1.14. The first-order valence-corrected chi connectivity index (χ1v) is 12.2. The van der Waals surface area contributed by atoms with Gasteiger partial charge >= 0.3 is 12.1 Å². The molecule has 0 aromatic heterocycles. The third kappa shape index (κ3) is 4.89. The molecule has 1 saturated carbocycles. The van der Waals surface area contributed by atoms with Gasteiger partial charge in [0, 0.05) is 31.0 Å². The molecule has 1 saturated heterocycles. The molecule has 4 atom stereocenters. The summed E-state index contributed by atoms with van der Waals surface area (Å²) in [5.41, 5.74) is 4.65. The Labute approximate surface area is 204 Å². The summed E-state index contributed by atoms with van der Waals surface area (Å²) in [4.78, 5) is 36.4. The standard InChI is InChI=1S/C27H30N2O6/c30-25(29-18-10-9-16(13-18)26(31)32)24-17(11-12-34-24)14-28-27(33)35-15-23-21-7-3-1-5-19(21)20-6-2-4-8-22(20)23/h1-8,16-18,23-24H,9-15H2,(H,28,33)(H,29,30)(H,31,32)/t16-,17-,18+,24-/m0/s1. The Balaban J connectivity index is 1.12. The Kier molecular flexibility index (Phi) is 6.72. The molecule has 8 heteroatoms. The highest BCUT2D eigenvalue weighted by atomic mass is 16.5. The Morgan fingerprint density at radius 1 is 0.971 bits per heavy atom. The number of hydrogen-bond acceptors (Lipinski definition) is 5. The van der Waals surface area contributed by atoms with Gasteiger partial charge in [-0.05, 0) is 47.9 Å². The Bertz CT molecular complexity index is 1070. The van der Waals surface area contributed by atoms with Crippen molar-refractivity contribution in [1.29, 1.82) is 0 Å². The van der Waals surface area contributed by atoms with Gasteiger partial charge in [-0.25, -0.2) is 4.79 Å². The molecule has 3 N–H and O–H groups in total. The average molecular weight is 479 g/mol. The third-order valence-corrected chi connectivity index (χ3v) is 7.45. The van der Waals surface area contributed by atoms with Gasteiger partial charge in [-0.3, -0.25) is 9.59 Å². The van der Waals surface area contributed by atoms with Gasteiger partial charge in [0.1, 0.15) is 12.7 Å². The van der Waals surface area contributed by atoms with E-state index in [0.717, 1.165) is 11.1 Å². The van der Waals surface area contributed by atoms with Gasteiger partial charge in [-0.2, -0.15) is 0 Å². The molecule has 2 amide bonds. The van der Waals surface area contributed by atoms with Crippen LogP contribution in [0.3, 0.4) is 0 Å². The summed E-state index contributed by atoms with van der Waals surface area (Å²) in [5, 5.41) is 14.9. The number of ether oxygens (including phenoxy) is 2. The zero-order valence-corrected chi connectivity index (χ0v) is 19.4. The second-order valence-corrected chi connectivity index (χ2v) is 9.60. The fourth-order valence-electron chi connectivity index (χ4n) is 5.62. The van der Waals surface area contributed by atoms with Gasteiger partial charge in [0.15, 0.2) is 0 Å². The van der Waals surface area contributed by atoms with Crippen molar-refractivity contribution in [2.45, 2.75) is 43.7 Å². The molecule has 5 rings (SSSR count). The maximum absolute atomic E-state index is 12.7. The fourth-order valence-corrected chi connectivity index (χ4v) is 5.62. The predicted octanol–water partition coefficient (Wildman–Crippen LogP) is 3.30. The zero-order valence-electron chi connectivity index (χ0n) is 19.4. The molecule has 184 valence electrons. The number of hydrogen-bond donors (Lipinski definition) is 3. The lowest BCUT2D eigenvalue weighted by atomic mass is 9.98. The first-order valence-electron chi connectivity index (χ1n) is 12.2. The number of carbonyl (C=O) groups is 3. The van der Waals surface area contributed by atoms with Crippen LogP contribution in [0.2, 0.25) is 0 Å². The van der Waals surface area contributed by atoms with E-state index in [9.17, 15) is 14.4 Å². The molecule has 8 nitrogen and oxygen atoms in total. The van der Waals surface area contributed by atoms with Gasteiger partial charge < -0.3 is 25.2 Å². The molecule has 1 aliphatic heterocycles. The van der Waals surface area contributed by atoms with Crippen molar-refractivity contribution in [3.63, 3.8) is 0 Å². The van der Waals surface area contributed by atoms with E-state index in [0.29, 0.717) is 32.3 Å². The fraction of sp³-hybridized carbons (Fsp3) is 0.444. The van der Waals surface area contributed by atoms with Crippen LogP contribution in [0.5, 0.6) is 0 Å². The molecule has 1 heterocycles. The maximum Gasteiger partial charge on any atom is 0.407 e. The lowest BCUT2D eigenvalue weighted by Crippen LogP contribution is -2.45. The molecule has 0 spiro atoms. The smallest absolute Gasteiger partial charge is 0.407 e. The number of carboxylic acid groups (broad SMARTS) is 1. The van der Waals surface area contributed by atoms with Crippen LogP contribution in [0.25, 0.3) is 11.1 Å². The minimum absolute atomic E-state index is 0.0115. The van der Waals surface area contributed by atoms with Gasteiger partial charge in [0.2, 0.25) is 5.91 Å². The van der Waals surface area contributed by atoms with E-state index in [1.807, 2.05) is 24.3 Å². The first kappa shape index (κ1) is 23.4. The molecular formula is C27H30N2O6. The molecule has 2 aromatic rings. The second-order valence-electron chi connectivity index (χ2n) is 9.60. The second kappa shape index (κ2) is 10.1. The zero-order chi connectivity index (χ0) is 24.4. The summed E-state index contributed by atoms with van der Waals surface area (Å²) < 4.78 is 11.2. The summed E-state index contributed by atoms with van der Waals surface area (Å²) in [5.74, 6) is -1.63. The number of rotatable bonds is 7. The monoisotopic (exact) mass is 478 g/mol. The van der Waals surface area contributed by atoms with Crippen LogP contribution in [0.4, 0.5) is 4.79 Å². The number of amides is 2. The SMILES string of the molecule is O=C(NC[C@@H]1CCO[C@@H]1C(=O)N[C@@H]1CC[C@H](C(=O)O)C1)OCC1c2ccccc2-c2ccccc21. The summed E-state index contributed by atoms with van der Waals surface area (Å²) >= 11 is 0. The molecule has 2 aliphatic carbocycles. The Hall–Kier alpha value is -3.39. The lowest BCUT2D eigenvalue weighted by Gasteiger charge is -2.21. The quantitative estimate of drug-likeness (QED) is 0.563. The van der Waals surface area contributed by atoms with Crippen LogP contribution >= 0.6 is 0 Å². The van der Waals surface area contributed by atoms with Crippen molar-refractivity contribution in [2.24, 2.45) is 11.8 Å². The summed E-state index contributed by atoms with van der Waals surface area (Å²) in [6.45, 7) is 0.950. The van der Waals surface area contributed by atoms with Crippen molar-refractivity contribution in [3.8, 4) is 11.1 Å². The number of fused-ring (bicyclic) bond motifs is 3. The molecule has 3 aliphatic rings. The highest BCUT2D eigenvalue weighted by Crippen LogP contribution is 2.44. The number of benzene rings is 2. The van der Waals surface area contributed by atoms with Crippen molar-refractivity contribution >= 4 is 18.0 Å².